The molecule has 0 atom stereocenters. The first kappa shape index (κ1) is 20.1. The number of Topliss-reactive ketones (excluding diaryl/α,β-unsaturated/α-hetero) is 1. The predicted molar refractivity (Wildman–Crippen MR) is 112 cm³/mol. The third kappa shape index (κ3) is 4.82. The summed E-state index contributed by atoms with van der Waals surface area (Å²) in [5, 5.41) is 9.61. The average Bonchev–Trinajstić information content (AvgIpc) is 3.09. The highest BCUT2D eigenvalue weighted by Crippen LogP contribution is 2.33. The molecule has 3 rings (SSSR count). The van der Waals surface area contributed by atoms with Gasteiger partial charge in [0.1, 0.15) is 11.6 Å². The number of carbonyl (C=O) groups excluding carboxylic acids is 1. The maximum atomic E-state index is 12.6. The number of methoxy groups -OCH3 is 1. The fraction of sp³-hybridized carbons (Fsp3) is 0.450. The minimum Gasteiger partial charge on any atom is -0.496 e. The SMILES string of the molecule is C=CCn1c(SCC(=O)c2ccc(OC)c(Br)c2)nnc1C1CCCCC1. The molecular weight excluding hydrogens is 426 g/mol. The van der Waals surface area contributed by atoms with Crippen LogP contribution in [0, 0.1) is 0 Å². The number of thioether (sulfide) groups is 1. The molecule has 1 heterocycles. The van der Waals surface area contributed by atoms with E-state index >= 15 is 0 Å². The summed E-state index contributed by atoms with van der Waals surface area (Å²) in [6.07, 6.45) is 8.00. The van der Waals surface area contributed by atoms with E-state index in [0.717, 1.165) is 15.5 Å². The monoisotopic (exact) mass is 449 g/mol. The summed E-state index contributed by atoms with van der Waals surface area (Å²) < 4.78 is 8.11. The number of hydrogen-bond donors (Lipinski definition) is 0. The van der Waals surface area contributed by atoms with E-state index in [9.17, 15) is 4.79 Å². The van der Waals surface area contributed by atoms with E-state index in [-0.39, 0.29) is 5.78 Å². The summed E-state index contributed by atoms with van der Waals surface area (Å²) in [6, 6.07) is 5.38. The first-order chi connectivity index (χ1) is 13.1. The largest absolute Gasteiger partial charge is 0.496 e. The van der Waals surface area contributed by atoms with Crippen LogP contribution >= 0.6 is 27.7 Å². The molecule has 0 bridgehead atoms. The van der Waals surface area contributed by atoms with Gasteiger partial charge in [0.05, 0.1) is 17.3 Å². The number of allylic oxidation sites excluding steroid dienone is 1. The Balaban J connectivity index is 1.71. The van der Waals surface area contributed by atoms with Crippen molar-refractivity contribution in [2.24, 2.45) is 0 Å². The standard InChI is InChI=1S/C20H24BrN3O2S/c1-3-11-24-19(14-7-5-4-6-8-14)22-23-20(24)27-13-17(25)15-9-10-18(26-2)16(21)12-15/h3,9-10,12,14H,1,4-8,11,13H2,2H3. The molecule has 5 nitrogen and oxygen atoms in total. The van der Waals surface area contributed by atoms with Crippen molar-refractivity contribution in [2.45, 2.75) is 49.7 Å². The van der Waals surface area contributed by atoms with Crippen LogP contribution in [0.5, 0.6) is 5.75 Å². The Morgan fingerprint density at radius 3 is 2.81 bits per heavy atom. The highest BCUT2D eigenvalue weighted by Gasteiger charge is 2.23. The lowest BCUT2D eigenvalue weighted by Crippen LogP contribution is -2.13. The molecule has 0 amide bonds. The first-order valence-electron chi connectivity index (χ1n) is 9.17. The Hall–Kier alpha value is -1.60. The van der Waals surface area contributed by atoms with Gasteiger partial charge in [-0.2, -0.15) is 0 Å². The molecule has 1 aliphatic rings. The number of rotatable bonds is 8. The lowest BCUT2D eigenvalue weighted by atomic mass is 9.89. The Morgan fingerprint density at radius 2 is 2.15 bits per heavy atom. The molecule has 1 saturated carbocycles. The van der Waals surface area contributed by atoms with Crippen LogP contribution < -0.4 is 4.74 Å². The van der Waals surface area contributed by atoms with E-state index in [4.69, 9.17) is 4.74 Å². The molecule has 0 radical (unpaired) electrons. The summed E-state index contributed by atoms with van der Waals surface area (Å²) in [7, 11) is 1.60. The van der Waals surface area contributed by atoms with Gasteiger partial charge in [-0.25, -0.2) is 0 Å². The summed E-state index contributed by atoms with van der Waals surface area (Å²) in [6.45, 7) is 4.53. The predicted octanol–water partition coefficient (Wildman–Crippen LogP) is 5.26. The number of ketones is 1. The molecule has 1 fully saturated rings. The zero-order chi connectivity index (χ0) is 19.2. The van der Waals surface area contributed by atoms with Crippen molar-refractivity contribution in [1.29, 1.82) is 0 Å². The fourth-order valence-corrected chi connectivity index (χ4v) is 4.81. The van der Waals surface area contributed by atoms with Crippen LogP contribution in [0.2, 0.25) is 0 Å². The summed E-state index contributed by atoms with van der Waals surface area (Å²) >= 11 is 4.87. The van der Waals surface area contributed by atoms with E-state index in [1.807, 2.05) is 6.08 Å². The number of ether oxygens (including phenoxy) is 1. The van der Waals surface area contributed by atoms with Gasteiger partial charge in [-0.3, -0.25) is 4.79 Å². The van der Waals surface area contributed by atoms with Gasteiger partial charge in [0.2, 0.25) is 0 Å². The first-order valence-corrected chi connectivity index (χ1v) is 11.0. The molecule has 7 heteroatoms. The van der Waals surface area contributed by atoms with Crippen LogP contribution in [0.15, 0.2) is 40.5 Å². The average molecular weight is 450 g/mol. The number of benzene rings is 1. The minimum atomic E-state index is 0.0516. The third-order valence-corrected chi connectivity index (χ3v) is 6.42. The van der Waals surface area contributed by atoms with E-state index in [1.54, 1.807) is 25.3 Å². The normalized spacial score (nSPS) is 14.9. The quantitative estimate of drug-likeness (QED) is 0.312. The van der Waals surface area contributed by atoms with E-state index < -0.39 is 0 Å². The van der Waals surface area contributed by atoms with Crippen molar-refractivity contribution in [3.05, 3.63) is 46.7 Å². The lowest BCUT2D eigenvalue weighted by Gasteiger charge is -2.21. The van der Waals surface area contributed by atoms with Crippen molar-refractivity contribution in [2.75, 3.05) is 12.9 Å². The van der Waals surface area contributed by atoms with Crippen molar-refractivity contribution in [3.63, 3.8) is 0 Å². The Kier molecular flexibility index (Phi) is 7.13. The van der Waals surface area contributed by atoms with Crippen molar-refractivity contribution >= 4 is 33.5 Å². The molecule has 1 aromatic heterocycles. The van der Waals surface area contributed by atoms with Gasteiger partial charge in [-0.15, -0.1) is 16.8 Å². The van der Waals surface area contributed by atoms with Crippen molar-refractivity contribution in [1.82, 2.24) is 14.8 Å². The number of hydrogen-bond acceptors (Lipinski definition) is 5. The number of aromatic nitrogens is 3. The molecule has 0 aliphatic heterocycles. The molecule has 144 valence electrons. The Labute approximate surface area is 172 Å². The van der Waals surface area contributed by atoms with Crippen molar-refractivity contribution < 1.29 is 9.53 Å². The van der Waals surface area contributed by atoms with Gasteiger partial charge in [-0.1, -0.05) is 37.1 Å². The van der Waals surface area contributed by atoms with Crippen LogP contribution in [-0.4, -0.2) is 33.4 Å². The molecule has 0 saturated heterocycles. The van der Waals surface area contributed by atoms with Gasteiger partial charge in [-0.05, 0) is 47.0 Å². The van der Waals surface area contributed by atoms with Crippen LogP contribution in [-0.2, 0) is 6.54 Å². The molecule has 1 aromatic carbocycles. The Bertz CT molecular complexity index is 816. The van der Waals surface area contributed by atoms with Gasteiger partial charge in [0, 0.05) is 18.0 Å². The van der Waals surface area contributed by atoms with Crippen LogP contribution in [0.3, 0.4) is 0 Å². The molecule has 0 N–H and O–H groups in total. The molecule has 0 unspecified atom stereocenters. The highest BCUT2D eigenvalue weighted by atomic mass is 79.9. The van der Waals surface area contributed by atoms with Crippen LogP contribution in [0.4, 0.5) is 0 Å². The molecular formula is C20H24BrN3O2S. The maximum absolute atomic E-state index is 12.6. The van der Waals surface area contributed by atoms with Crippen LogP contribution in [0.1, 0.15) is 54.2 Å². The minimum absolute atomic E-state index is 0.0516. The highest BCUT2D eigenvalue weighted by molar-refractivity contribution is 9.10. The number of carbonyl (C=O) groups is 1. The maximum Gasteiger partial charge on any atom is 0.191 e. The fourth-order valence-electron chi connectivity index (χ4n) is 3.42. The molecule has 0 spiro atoms. The Morgan fingerprint density at radius 1 is 1.37 bits per heavy atom. The second kappa shape index (κ2) is 9.55. The van der Waals surface area contributed by atoms with Gasteiger partial charge in [0.15, 0.2) is 10.9 Å². The summed E-state index contributed by atoms with van der Waals surface area (Å²) in [5.41, 5.74) is 0.650. The smallest absolute Gasteiger partial charge is 0.191 e. The summed E-state index contributed by atoms with van der Waals surface area (Å²) in [4.78, 5) is 12.6. The van der Waals surface area contributed by atoms with Crippen molar-refractivity contribution in [3.8, 4) is 5.75 Å². The molecule has 27 heavy (non-hydrogen) atoms. The lowest BCUT2D eigenvalue weighted by molar-refractivity contribution is 0.102. The summed E-state index contributed by atoms with van der Waals surface area (Å²) in [5.74, 6) is 2.59. The van der Waals surface area contributed by atoms with E-state index in [0.29, 0.717) is 29.5 Å². The van der Waals surface area contributed by atoms with Crippen LogP contribution in [0.25, 0.3) is 0 Å². The van der Waals surface area contributed by atoms with E-state index in [1.165, 1.54) is 43.9 Å². The number of halogens is 1. The van der Waals surface area contributed by atoms with E-state index in [2.05, 4.69) is 37.3 Å². The second-order valence-electron chi connectivity index (χ2n) is 6.64. The number of nitrogens with zero attached hydrogens (tertiary/aromatic N) is 3. The zero-order valence-corrected chi connectivity index (χ0v) is 17.9. The topological polar surface area (TPSA) is 57.0 Å². The third-order valence-electron chi connectivity index (χ3n) is 4.83. The molecule has 2 aromatic rings. The van der Waals surface area contributed by atoms with Gasteiger partial charge in [0.25, 0.3) is 0 Å². The second-order valence-corrected chi connectivity index (χ2v) is 8.43. The van der Waals surface area contributed by atoms with Gasteiger partial charge >= 0.3 is 0 Å². The van der Waals surface area contributed by atoms with Gasteiger partial charge < -0.3 is 9.30 Å². The molecule has 1 aliphatic carbocycles. The zero-order valence-electron chi connectivity index (χ0n) is 15.5.